The highest BCUT2D eigenvalue weighted by Gasteiger charge is 2.08. The molecular weight excluding hydrogens is 168 g/mol. The Hall–Kier alpha value is -1.32. The van der Waals surface area contributed by atoms with E-state index in [9.17, 15) is 4.79 Å². The summed E-state index contributed by atoms with van der Waals surface area (Å²) < 4.78 is 4.59. The topological polar surface area (TPSA) is 50.7 Å². The number of rotatable bonds is 3. The Morgan fingerprint density at radius 1 is 1.23 bits per heavy atom. The smallest absolute Gasteiger partial charge is 0.333 e. The van der Waals surface area contributed by atoms with Crippen molar-refractivity contribution in [1.29, 1.82) is 0 Å². The minimum absolute atomic E-state index is 0.317. The van der Waals surface area contributed by atoms with E-state index in [-0.39, 0.29) is 5.97 Å². The highest BCUT2D eigenvalue weighted by atomic mass is 16.5. The summed E-state index contributed by atoms with van der Waals surface area (Å²) in [7, 11) is 3.08. The molecule has 0 unspecified atom stereocenters. The van der Waals surface area contributed by atoms with Crippen LogP contribution in [-0.4, -0.2) is 25.8 Å². The van der Waals surface area contributed by atoms with Crippen LogP contribution in [0.2, 0.25) is 0 Å². The molecule has 0 aromatic rings. The van der Waals surface area contributed by atoms with Crippen molar-refractivity contribution in [2.24, 2.45) is 5.10 Å². The molecule has 0 fully saturated rings. The maximum absolute atomic E-state index is 11.1. The van der Waals surface area contributed by atoms with Crippen molar-refractivity contribution in [1.82, 2.24) is 5.43 Å². The maximum Gasteiger partial charge on any atom is 0.333 e. The molecule has 1 N–H and O–H groups in total. The fourth-order valence-electron chi connectivity index (χ4n) is 0.829. The number of ether oxygens (including phenoxy) is 1. The molecule has 0 aromatic heterocycles. The number of hydrogen-bond acceptors (Lipinski definition) is 4. The number of allylic oxidation sites excluding steroid dienone is 1. The molecule has 0 rings (SSSR count). The quantitative estimate of drug-likeness (QED) is 0.309. The lowest BCUT2D eigenvalue weighted by atomic mass is 10.1. The molecule has 0 heterocycles. The highest BCUT2D eigenvalue weighted by molar-refractivity contribution is 6.04. The lowest BCUT2D eigenvalue weighted by molar-refractivity contribution is -0.136. The number of hydrogen-bond donors (Lipinski definition) is 1. The molecule has 0 aliphatic carbocycles. The highest BCUT2D eigenvalue weighted by Crippen LogP contribution is 2.06. The lowest BCUT2D eigenvalue weighted by Crippen LogP contribution is -2.10. The van der Waals surface area contributed by atoms with Gasteiger partial charge in [-0.05, 0) is 26.3 Å². The van der Waals surface area contributed by atoms with Gasteiger partial charge < -0.3 is 10.2 Å². The van der Waals surface area contributed by atoms with Crippen LogP contribution in [0.3, 0.4) is 0 Å². The fraction of sp³-hybridized carbons (Fsp3) is 0.556. The number of hydrazone groups is 1. The Morgan fingerprint density at radius 3 is 2.15 bits per heavy atom. The summed E-state index contributed by atoms with van der Waals surface area (Å²) in [6.07, 6.45) is 0. The van der Waals surface area contributed by atoms with Gasteiger partial charge in [0.1, 0.15) is 0 Å². The Bertz CT molecular complexity index is 254. The monoisotopic (exact) mass is 184 g/mol. The predicted molar refractivity (Wildman–Crippen MR) is 52.6 cm³/mol. The normalized spacial score (nSPS) is 13.5. The summed E-state index contributed by atoms with van der Waals surface area (Å²) in [5.41, 5.74) is 4.86. The van der Waals surface area contributed by atoms with E-state index >= 15 is 0 Å². The molecular formula is C9H16N2O2. The van der Waals surface area contributed by atoms with Crippen LogP contribution in [-0.2, 0) is 9.53 Å². The van der Waals surface area contributed by atoms with Crippen molar-refractivity contribution in [3.05, 3.63) is 11.1 Å². The van der Waals surface area contributed by atoms with Crippen molar-refractivity contribution < 1.29 is 9.53 Å². The summed E-state index contributed by atoms with van der Waals surface area (Å²) in [5.74, 6) is -0.317. The zero-order chi connectivity index (χ0) is 10.4. The number of methoxy groups -OCH3 is 1. The Kier molecular flexibility index (Phi) is 4.80. The summed E-state index contributed by atoms with van der Waals surface area (Å²) >= 11 is 0. The second-order valence-electron chi connectivity index (χ2n) is 2.66. The number of carbonyl (C=O) groups excluding carboxylic acids is 1. The SMILES string of the molecule is CN/N=C(\C)C(C)=C(C)C(=O)OC. The van der Waals surface area contributed by atoms with Gasteiger partial charge >= 0.3 is 5.97 Å². The molecule has 0 aliphatic rings. The molecule has 74 valence electrons. The van der Waals surface area contributed by atoms with Crippen molar-refractivity contribution in [3.63, 3.8) is 0 Å². The van der Waals surface area contributed by atoms with Gasteiger partial charge in [-0.2, -0.15) is 5.10 Å². The first-order chi connectivity index (χ1) is 6.04. The van der Waals surface area contributed by atoms with Gasteiger partial charge in [0, 0.05) is 12.6 Å². The van der Waals surface area contributed by atoms with E-state index in [4.69, 9.17) is 0 Å². The number of nitrogens with zero attached hydrogens (tertiary/aromatic N) is 1. The molecule has 0 bridgehead atoms. The van der Waals surface area contributed by atoms with E-state index in [2.05, 4.69) is 15.3 Å². The molecule has 0 aliphatic heterocycles. The lowest BCUT2D eigenvalue weighted by Gasteiger charge is -2.05. The molecule has 4 nitrogen and oxygen atoms in total. The van der Waals surface area contributed by atoms with Gasteiger partial charge in [0.2, 0.25) is 0 Å². The van der Waals surface area contributed by atoms with Gasteiger partial charge in [-0.15, -0.1) is 0 Å². The van der Waals surface area contributed by atoms with E-state index < -0.39 is 0 Å². The van der Waals surface area contributed by atoms with Crippen molar-refractivity contribution >= 4 is 11.7 Å². The molecule has 0 radical (unpaired) electrons. The number of nitrogens with one attached hydrogen (secondary N) is 1. The second kappa shape index (κ2) is 5.35. The van der Waals surface area contributed by atoms with Gasteiger partial charge in [0.25, 0.3) is 0 Å². The van der Waals surface area contributed by atoms with Gasteiger partial charge in [-0.1, -0.05) is 0 Å². The molecule has 0 saturated heterocycles. The van der Waals surface area contributed by atoms with E-state index in [1.54, 1.807) is 14.0 Å². The van der Waals surface area contributed by atoms with Gasteiger partial charge in [-0.3, -0.25) is 0 Å². The molecule has 13 heavy (non-hydrogen) atoms. The second-order valence-corrected chi connectivity index (χ2v) is 2.66. The Balaban J connectivity index is 4.81. The molecule has 0 amide bonds. The van der Waals surface area contributed by atoms with Crippen molar-refractivity contribution in [2.75, 3.05) is 14.2 Å². The van der Waals surface area contributed by atoms with Crippen LogP contribution >= 0.6 is 0 Å². The van der Waals surface area contributed by atoms with Gasteiger partial charge in [0.15, 0.2) is 0 Å². The van der Waals surface area contributed by atoms with Crippen molar-refractivity contribution in [2.45, 2.75) is 20.8 Å². The van der Waals surface area contributed by atoms with Crippen LogP contribution in [0.5, 0.6) is 0 Å². The van der Waals surface area contributed by atoms with E-state index in [0.29, 0.717) is 5.57 Å². The zero-order valence-electron chi connectivity index (χ0n) is 8.76. The van der Waals surface area contributed by atoms with Crippen molar-refractivity contribution in [3.8, 4) is 0 Å². The first-order valence-corrected chi connectivity index (χ1v) is 4.01. The average Bonchev–Trinajstić information content (AvgIpc) is 2.14. The summed E-state index contributed by atoms with van der Waals surface area (Å²) in [4.78, 5) is 11.1. The third kappa shape index (κ3) is 3.27. The van der Waals surface area contributed by atoms with Crippen LogP contribution in [0.4, 0.5) is 0 Å². The minimum atomic E-state index is -0.317. The largest absolute Gasteiger partial charge is 0.466 e. The Morgan fingerprint density at radius 2 is 1.77 bits per heavy atom. The van der Waals surface area contributed by atoms with Crippen LogP contribution in [0.15, 0.2) is 16.2 Å². The van der Waals surface area contributed by atoms with Gasteiger partial charge in [0.05, 0.1) is 12.8 Å². The van der Waals surface area contributed by atoms with E-state index in [1.165, 1.54) is 7.11 Å². The predicted octanol–water partition coefficient (Wildman–Crippen LogP) is 1.09. The third-order valence-corrected chi connectivity index (χ3v) is 1.88. The molecule has 0 aromatic carbocycles. The van der Waals surface area contributed by atoms with E-state index in [1.807, 2.05) is 13.8 Å². The molecule has 4 heteroatoms. The average molecular weight is 184 g/mol. The number of carbonyl (C=O) groups is 1. The molecule has 0 spiro atoms. The zero-order valence-corrected chi connectivity index (χ0v) is 8.76. The van der Waals surface area contributed by atoms with Crippen LogP contribution < -0.4 is 5.43 Å². The molecule has 0 saturated carbocycles. The first-order valence-electron chi connectivity index (χ1n) is 4.01. The molecule has 0 atom stereocenters. The van der Waals surface area contributed by atoms with Crippen LogP contribution in [0, 0.1) is 0 Å². The van der Waals surface area contributed by atoms with E-state index in [0.717, 1.165) is 11.3 Å². The first kappa shape index (κ1) is 11.7. The summed E-state index contributed by atoms with van der Waals surface area (Å²) in [5, 5.41) is 3.96. The standard InChI is InChI=1S/C9H16N2O2/c1-6(8(3)11-10-4)7(2)9(12)13-5/h10H,1-5H3/b7-6?,11-8+. The summed E-state index contributed by atoms with van der Waals surface area (Å²) in [6, 6.07) is 0. The fourth-order valence-corrected chi connectivity index (χ4v) is 0.829. The number of esters is 1. The Labute approximate surface area is 78.7 Å². The third-order valence-electron chi connectivity index (χ3n) is 1.88. The van der Waals surface area contributed by atoms with Crippen LogP contribution in [0.1, 0.15) is 20.8 Å². The maximum atomic E-state index is 11.1. The summed E-state index contributed by atoms with van der Waals surface area (Å²) in [6.45, 7) is 5.39. The minimum Gasteiger partial charge on any atom is -0.466 e. The van der Waals surface area contributed by atoms with Crippen LogP contribution in [0.25, 0.3) is 0 Å². The van der Waals surface area contributed by atoms with Gasteiger partial charge in [-0.25, -0.2) is 4.79 Å².